The Bertz CT molecular complexity index is 884. The molecule has 1 aliphatic heterocycles. The number of benzene rings is 1. The van der Waals surface area contributed by atoms with E-state index in [4.69, 9.17) is 5.21 Å². The van der Waals surface area contributed by atoms with E-state index in [1.54, 1.807) is 0 Å². The van der Waals surface area contributed by atoms with Crippen LogP contribution >= 0.6 is 11.3 Å². The number of hydrogen-bond acceptors (Lipinski definition) is 7. The molecule has 0 aliphatic carbocycles. The Hall–Kier alpha value is -2.56. The summed E-state index contributed by atoms with van der Waals surface area (Å²) in [6.07, 6.45) is 1.15. The summed E-state index contributed by atoms with van der Waals surface area (Å²) in [5, 5.41) is 22.3. The standard InChI is InChI=1S/C20H26N4O5S/c1-2-3-7-12(16(25)18(27)23-29)19(28)24-11-6-9-14(24)17(26)22-20-21-13-8-4-5-10-15(13)30-20/h4-5,8,10,12,14,16,25,29H,2-3,6-7,9,11H2,1H3,(H,23,27)(H,21,22,26). The molecule has 10 heteroatoms. The number of hydroxylamine groups is 1. The molecular weight excluding hydrogens is 408 g/mol. The van der Waals surface area contributed by atoms with Gasteiger partial charge in [0.15, 0.2) is 5.13 Å². The van der Waals surface area contributed by atoms with Gasteiger partial charge in [0.25, 0.3) is 5.91 Å². The predicted molar refractivity (Wildman–Crippen MR) is 112 cm³/mol. The summed E-state index contributed by atoms with van der Waals surface area (Å²) in [6.45, 7) is 2.30. The number of rotatable bonds is 8. The van der Waals surface area contributed by atoms with Crippen molar-refractivity contribution in [3.05, 3.63) is 24.3 Å². The maximum atomic E-state index is 13.1. The van der Waals surface area contributed by atoms with Gasteiger partial charge in [0.05, 0.1) is 16.1 Å². The molecule has 1 fully saturated rings. The fourth-order valence-electron chi connectivity index (χ4n) is 3.72. The number of carbonyl (C=O) groups is 3. The Morgan fingerprint density at radius 1 is 1.33 bits per heavy atom. The van der Waals surface area contributed by atoms with Gasteiger partial charge in [-0.15, -0.1) is 0 Å². The summed E-state index contributed by atoms with van der Waals surface area (Å²) in [5.74, 6) is -2.84. The van der Waals surface area contributed by atoms with Crippen LogP contribution < -0.4 is 10.8 Å². The number of nitrogens with zero attached hydrogens (tertiary/aromatic N) is 2. The second-order valence-corrected chi connectivity index (χ2v) is 8.37. The van der Waals surface area contributed by atoms with E-state index < -0.39 is 29.9 Å². The first-order chi connectivity index (χ1) is 14.5. The van der Waals surface area contributed by atoms with Crippen LogP contribution in [-0.4, -0.2) is 56.6 Å². The molecule has 3 rings (SSSR count). The van der Waals surface area contributed by atoms with Gasteiger partial charge in [0.2, 0.25) is 11.8 Å². The zero-order valence-corrected chi connectivity index (χ0v) is 17.5. The van der Waals surface area contributed by atoms with Crippen LogP contribution in [0.4, 0.5) is 5.13 Å². The van der Waals surface area contributed by atoms with Crippen molar-refractivity contribution in [1.82, 2.24) is 15.4 Å². The van der Waals surface area contributed by atoms with Crippen molar-refractivity contribution in [3.63, 3.8) is 0 Å². The Kier molecular flexibility index (Phi) is 7.35. The minimum Gasteiger partial charge on any atom is -0.382 e. The van der Waals surface area contributed by atoms with Crippen molar-refractivity contribution < 1.29 is 24.7 Å². The van der Waals surface area contributed by atoms with Crippen LogP contribution in [0.2, 0.25) is 0 Å². The third-order valence-electron chi connectivity index (χ3n) is 5.31. The normalized spacial score (nSPS) is 18.2. The molecule has 3 amide bonds. The van der Waals surface area contributed by atoms with E-state index in [-0.39, 0.29) is 12.3 Å². The highest BCUT2D eigenvalue weighted by molar-refractivity contribution is 7.22. The van der Waals surface area contributed by atoms with Gasteiger partial charge >= 0.3 is 0 Å². The first-order valence-electron chi connectivity index (χ1n) is 10.0. The van der Waals surface area contributed by atoms with Gasteiger partial charge in [-0.1, -0.05) is 43.2 Å². The molecule has 1 aliphatic rings. The highest BCUT2D eigenvalue weighted by atomic mass is 32.1. The van der Waals surface area contributed by atoms with Gasteiger partial charge in [-0.2, -0.15) is 0 Å². The minimum atomic E-state index is -1.68. The Morgan fingerprint density at radius 2 is 2.10 bits per heavy atom. The van der Waals surface area contributed by atoms with Crippen molar-refractivity contribution >= 4 is 44.4 Å². The summed E-state index contributed by atoms with van der Waals surface area (Å²) in [6, 6.07) is 6.85. The van der Waals surface area contributed by atoms with Gasteiger partial charge in [0, 0.05) is 6.54 Å². The summed E-state index contributed by atoms with van der Waals surface area (Å²) < 4.78 is 0.949. The third kappa shape index (κ3) is 4.77. The molecule has 3 unspecified atom stereocenters. The van der Waals surface area contributed by atoms with Gasteiger partial charge in [-0.25, -0.2) is 10.5 Å². The monoisotopic (exact) mass is 434 g/mol. The van der Waals surface area contributed by atoms with E-state index >= 15 is 0 Å². The number of anilines is 1. The number of aromatic nitrogens is 1. The number of fused-ring (bicyclic) bond motifs is 1. The first kappa shape index (κ1) is 22.1. The molecule has 9 nitrogen and oxygen atoms in total. The van der Waals surface area contributed by atoms with E-state index in [9.17, 15) is 19.5 Å². The lowest BCUT2D eigenvalue weighted by Gasteiger charge is -2.29. The number of thiazole rings is 1. The third-order valence-corrected chi connectivity index (χ3v) is 6.26. The number of likely N-dealkylation sites (tertiary alicyclic amines) is 1. The number of nitrogens with one attached hydrogen (secondary N) is 2. The largest absolute Gasteiger partial charge is 0.382 e. The second-order valence-electron chi connectivity index (χ2n) is 7.34. The molecule has 1 saturated heterocycles. The summed E-state index contributed by atoms with van der Waals surface area (Å²) >= 11 is 1.36. The highest BCUT2D eigenvalue weighted by Gasteiger charge is 2.41. The van der Waals surface area contributed by atoms with Crippen molar-refractivity contribution in [2.24, 2.45) is 5.92 Å². The predicted octanol–water partition coefficient (Wildman–Crippen LogP) is 1.90. The molecule has 2 heterocycles. The lowest BCUT2D eigenvalue weighted by atomic mass is 9.93. The number of hydrogen-bond donors (Lipinski definition) is 4. The molecule has 30 heavy (non-hydrogen) atoms. The summed E-state index contributed by atoms with van der Waals surface area (Å²) in [4.78, 5) is 43.5. The van der Waals surface area contributed by atoms with Crippen LogP contribution in [-0.2, 0) is 14.4 Å². The summed E-state index contributed by atoms with van der Waals surface area (Å²) in [5.41, 5.74) is 2.19. The van der Waals surface area contributed by atoms with Gasteiger partial charge in [-0.3, -0.25) is 19.6 Å². The second kappa shape index (κ2) is 9.96. The zero-order chi connectivity index (χ0) is 21.7. The molecule has 0 bridgehead atoms. The Morgan fingerprint density at radius 3 is 2.80 bits per heavy atom. The molecule has 0 spiro atoms. The van der Waals surface area contributed by atoms with E-state index in [2.05, 4.69) is 10.3 Å². The zero-order valence-electron chi connectivity index (χ0n) is 16.7. The van der Waals surface area contributed by atoms with Crippen LogP contribution in [0.1, 0.15) is 39.0 Å². The molecule has 4 N–H and O–H groups in total. The van der Waals surface area contributed by atoms with Crippen LogP contribution in [0.3, 0.4) is 0 Å². The van der Waals surface area contributed by atoms with E-state index in [0.717, 1.165) is 16.6 Å². The topological polar surface area (TPSA) is 132 Å². The first-order valence-corrected chi connectivity index (χ1v) is 10.9. The smallest absolute Gasteiger partial charge is 0.272 e. The molecule has 0 saturated carbocycles. The fourth-order valence-corrected chi connectivity index (χ4v) is 4.59. The molecule has 162 valence electrons. The Labute approximate surface area is 178 Å². The van der Waals surface area contributed by atoms with Crippen LogP contribution in [0.25, 0.3) is 10.2 Å². The number of carbonyl (C=O) groups excluding carboxylic acids is 3. The average Bonchev–Trinajstić information content (AvgIpc) is 3.39. The Balaban J connectivity index is 1.74. The average molecular weight is 435 g/mol. The maximum Gasteiger partial charge on any atom is 0.272 e. The molecule has 1 aromatic carbocycles. The van der Waals surface area contributed by atoms with Crippen molar-refractivity contribution in [2.45, 2.75) is 51.2 Å². The van der Waals surface area contributed by atoms with Crippen LogP contribution in [0.15, 0.2) is 24.3 Å². The van der Waals surface area contributed by atoms with Crippen molar-refractivity contribution in [3.8, 4) is 0 Å². The van der Waals surface area contributed by atoms with Crippen LogP contribution in [0.5, 0.6) is 0 Å². The molecule has 1 aromatic heterocycles. The van der Waals surface area contributed by atoms with E-state index in [1.165, 1.54) is 21.7 Å². The van der Waals surface area contributed by atoms with E-state index in [1.807, 2.05) is 31.2 Å². The molecule has 3 atom stereocenters. The van der Waals surface area contributed by atoms with Gasteiger partial charge in [0.1, 0.15) is 12.1 Å². The maximum absolute atomic E-state index is 13.1. The fraction of sp³-hybridized carbons (Fsp3) is 0.500. The lowest BCUT2D eigenvalue weighted by molar-refractivity contribution is -0.152. The molecular formula is C20H26N4O5S. The number of aliphatic hydroxyl groups is 1. The van der Waals surface area contributed by atoms with Crippen molar-refractivity contribution in [1.29, 1.82) is 0 Å². The van der Waals surface area contributed by atoms with Gasteiger partial charge < -0.3 is 15.3 Å². The number of unbranched alkanes of at least 4 members (excludes halogenated alkanes) is 1. The quantitative estimate of drug-likeness (QED) is 0.371. The molecule has 0 radical (unpaired) electrons. The SMILES string of the molecule is CCCCC(C(=O)N1CCCC1C(=O)Nc1nc2ccccc2s1)C(O)C(=O)NO. The number of amides is 3. The highest BCUT2D eigenvalue weighted by Crippen LogP contribution is 2.28. The number of para-hydroxylation sites is 1. The summed E-state index contributed by atoms with van der Waals surface area (Å²) in [7, 11) is 0. The number of aliphatic hydroxyl groups excluding tert-OH is 1. The van der Waals surface area contributed by atoms with Crippen molar-refractivity contribution in [2.75, 3.05) is 11.9 Å². The molecule has 2 aromatic rings. The lowest BCUT2D eigenvalue weighted by Crippen LogP contribution is -2.50. The minimum absolute atomic E-state index is 0.284. The van der Waals surface area contributed by atoms with E-state index in [0.29, 0.717) is 30.9 Å². The van der Waals surface area contributed by atoms with Gasteiger partial charge in [-0.05, 0) is 31.4 Å². The van der Waals surface area contributed by atoms with Crippen LogP contribution in [0, 0.1) is 5.92 Å².